The molecule has 0 atom stereocenters. The van der Waals surface area contributed by atoms with Gasteiger partial charge in [0.25, 0.3) is 5.91 Å². The van der Waals surface area contributed by atoms with Crippen LogP contribution in [0.1, 0.15) is 25.0 Å². The normalized spacial score (nSPS) is 11.8. The van der Waals surface area contributed by atoms with Gasteiger partial charge in [-0.15, -0.1) is 0 Å². The maximum absolute atomic E-state index is 11.9. The smallest absolute Gasteiger partial charge is 0.267 e. The third-order valence-electron chi connectivity index (χ3n) is 2.90. The molecule has 1 aromatic carbocycles. The first-order valence-corrected chi connectivity index (χ1v) is 6.78. The first kappa shape index (κ1) is 14.7. The second-order valence-electron chi connectivity index (χ2n) is 4.57. The van der Waals surface area contributed by atoms with E-state index in [4.69, 9.17) is 0 Å². The maximum atomic E-state index is 11.9. The van der Waals surface area contributed by atoms with E-state index in [0.29, 0.717) is 5.57 Å². The number of carbonyl (C=O) groups excluding carboxylic acids is 1. The van der Waals surface area contributed by atoms with Crippen LogP contribution >= 0.6 is 0 Å². The van der Waals surface area contributed by atoms with Crippen molar-refractivity contribution in [2.24, 2.45) is 5.10 Å². The summed E-state index contributed by atoms with van der Waals surface area (Å²) < 4.78 is 1.80. The molecule has 0 unspecified atom stereocenters. The molecule has 0 fully saturated rings. The fraction of sp³-hybridized carbons (Fsp3) is 0.188. The van der Waals surface area contributed by atoms with Crippen molar-refractivity contribution in [3.05, 3.63) is 59.4 Å². The van der Waals surface area contributed by atoms with Crippen molar-refractivity contribution < 1.29 is 4.79 Å². The number of rotatable bonds is 5. The van der Waals surface area contributed by atoms with Gasteiger partial charge < -0.3 is 0 Å². The third kappa shape index (κ3) is 4.42. The molecule has 1 amide bonds. The summed E-state index contributed by atoms with van der Waals surface area (Å²) >= 11 is 0. The summed E-state index contributed by atoms with van der Waals surface area (Å²) in [6, 6.07) is 9.69. The minimum atomic E-state index is -0.224. The van der Waals surface area contributed by atoms with Crippen molar-refractivity contribution in [3.63, 3.8) is 0 Å². The van der Waals surface area contributed by atoms with Crippen molar-refractivity contribution in [2.45, 2.75) is 20.4 Å². The van der Waals surface area contributed by atoms with Gasteiger partial charge in [-0.05, 0) is 25.5 Å². The highest BCUT2D eigenvalue weighted by Gasteiger charge is 2.02. The van der Waals surface area contributed by atoms with Crippen LogP contribution in [0.4, 0.5) is 0 Å². The Morgan fingerprint density at radius 2 is 2.10 bits per heavy atom. The van der Waals surface area contributed by atoms with Crippen LogP contribution in [0.5, 0.6) is 0 Å². The van der Waals surface area contributed by atoms with Gasteiger partial charge in [-0.1, -0.05) is 30.3 Å². The number of aromatic nitrogens is 2. The predicted octanol–water partition coefficient (Wildman–Crippen LogP) is 2.46. The van der Waals surface area contributed by atoms with Crippen LogP contribution in [-0.4, -0.2) is 21.9 Å². The molecule has 0 bridgehead atoms. The number of benzene rings is 1. The third-order valence-corrected chi connectivity index (χ3v) is 2.90. The van der Waals surface area contributed by atoms with Gasteiger partial charge in [0.2, 0.25) is 0 Å². The average Bonchev–Trinajstić information content (AvgIpc) is 2.96. The van der Waals surface area contributed by atoms with Crippen LogP contribution in [0.3, 0.4) is 0 Å². The van der Waals surface area contributed by atoms with Crippen LogP contribution in [0.15, 0.2) is 53.4 Å². The molecule has 2 aromatic rings. The fourth-order valence-corrected chi connectivity index (χ4v) is 1.74. The van der Waals surface area contributed by atoms with E-state index >= 15 is 0 Å². The van der Waals surface area contributed by atoms with E-state index in [0.717, 1.165) is 17.7 Å². The molecule has 1 aromatic heterocycles. The molecule has 5 nitrogen and oxygen atoms in total. The summed E-state index contributed by atoms with van der Waals surface area (Å²) in [5.74, 6) is -0.224. The molecule has 5 heteroatoms. The van der Waals surface area contributed by atoms with Gasteiger partial charge in [0.15, 0.2) is 0 Å². The van der Waals surface area contributed by atoms with Crippen LogP contribution in [0.25, 0.3) is 6.08 Å². The SMILES string of the molecule is CCn1cc(/C=N\NC(=O)/C(C)=C/c2ccccc2)cn1. The summed E-state index contributed by atoms with van der Waals surface area (Å²) in [6.45, 7) is 4.57. The predicted molar refractivity (Wildman–Crippen MR) is 83.7 cm³/mol. The Morgan fingerprint density at radius 1 is 1.33 bits per heavy atom. The summed E-state index contributed by atoms with van der Waals surface area (Å²) in [4.78, 5) is 11.9. The Balaban J connectivity index is 1.93. The average molecular weight is 282 g/mol. The maximum Gasteiger partial charge on any atom is 0.267 e. The van der Waals surface area contributed by atoms with E-state index < -0.39 is 0 Å². The minimum absolute atomic E-state index is 0.224. The number of hydrogen-bond acceptors (Lipinski definition) is 3. The van der Waals surface area contributed by atoms with E-state index in [9.17, 15) is 4.79 Å². The Morgan fingerprint density at radius 3 is 2.76 bits per heavy atom. The van der Waals surface area contributed by atoms with E-state index in [2.05, 4.69) is 15.6 Å². The standard InChI is InChI=1S/C16H18N4O/c1-3-20-12-15(11-18-20)10-17-19-16(21)13(2)9-14-7-5-4-6-8-14/h4-12H,3H2,1-2H3,(H,19,21)/b13-9+,17-10-. The molecule has 1 heterocycles. The van der Waals surface area contributed by atoms with Gasteiger partial charge in [-0.3, -0.25) is 9.48 Å². The Bertz CT molecular complexity index is 656. The van der Waals surface area contributed by atoms with Crippen molar-refractivity contribution >= 4 is 18.2 Å². The van der Waals surface area contributed by atoms with Crippen molar-refractivity contribution in [3.8, 4) is 0 Å². The van der Waals surface area contributed by atoms with Gasteiger partial charge in [0.05, 0.1) is 12.4 Å². The summed E-state index contributed by atoms with van der Waals surface area (Å²) in [5.41, 5.74) is 4.94. The first-order valence-electron chi connectivity index (χ1n) is 6.78. The minimum Gasteiger partial charge on any atom is -0.272 e. The molecule has 2 rings (SSSR count). The molecule has 0 aliphatic rings. The van der Waals surface area contributed by atoms with Gasteiger partial charge in [-0.25, -0.2) is 5.43 Å². The highest BCUT2D eigenvalue weighted by atomic mass is 16.2. The van der Waals surface area contributed by atoms with Crippen LogP contribution in [-0.2, 0) is 11.3 Å². The number of amides is 1. The molecule has 0 aliphatic heterocycles. The molecular weight excluding hydrogens is 264 g/mol. The second-order valence-corrected chi connectivity index (χ2v) is 4.57. The Kier molecular flexibility index (Phi) is 5.04. The monoisotopic (exact) mass is 282 g/mol. The molecular formula is C16H18N4O. The highest BCUT2D eigenvalue weighted by Crippen LogP contribution is 2.05. The quantitative estimate of drug-likeness (QED) is 0.520. The van der Waals surface area contributed by atoms with Gasteiger partial charge in [0, 0.05) is 23.9 Å². The topological polar surface area (TPSA) is 59.3 Å². The fourth-order valence-electron chi connectivity index (χ4n) is 1.74. The van der Waals surface area contributed by atoms with Crippen molar-refractivity contribution in [2.75, 3.05) is 0 Å². The largest absolute Gasteiger partial charge is 0.272 e. The number of nitrogens with one attached hydrogen (secondary N) is 1. The molecule has 108 valence electrons. The second kappa shape index (κ2) is 7.19. The zero-order valence-electron chi connectivity index (χ0n) is 12.2. The summed E-state index contributed by atoms with van der Waals surface area (Å²) in [6.07, 6.45) is 6.96. The van der Waals surface area contributed by atoms with Crippen LogP contribution < -0.4 is 5.43 Å². The Hall–Kier alpha value is -2.69. The number of aryl methyl sites for hydroxylation is 1. The zero-order valence-corrected chi connectivity index (χ0v) is 12.2. The van der Waals surface area contributed by atoms with E-state index in [1.165, 1.54) is 0 Å². The molecule has 0 saturated carbocycles. The summed E-state index contributed by atoms with van der Waals surface area (Å²) in [5, 5.41) is 8.06. The molecule has 1 N–H and O–H groups in total. The van der Waals surface area contributed by atoms with E-state index in [1.54, 1.807) is 24.0 Å². The van der Waals surface area contributed by atoms with Crippen LogP contribution in [0.2, 0.25) is 0 Å². The molecule has 0 aliphatic carbocycles. The summed E-state index contributed by atoms with van der Waals surface area (Å²) in [7, 11) is 0. The molecule has 0 radical (unpaired) electrons. The lowest BCUT2D eigenvalue weighted by atomic mass is 10.1. The molecule has 0 spiro atoms. The van der Waals surface area contributed by atoms with Crippen molar-refractivity contribution in [1.29, 1.82) is 0 Å². The number of nitrogens with zero attached hydrogens (tertiary/aromatic N) is 3. The van der Waals surface area contributed by atoms with E-state index in [1.807, 2.05) is 49.5 Å². The lowest BCUT2D eigenvalue weighted by molar-refractivity contribution is -0.117. The lowest BCUT2D eigenvalue weighted by Crippen LogP contribution is -2.18. The Labute approximate surface area is 124 Å². The van der Waals surface area contributed by atoms with Gasteiger partial charge in [-0.2, -0.15) is 10.2 Å². The highest BCUT2D eigenvalue weighted by molar-refractivity contribution is 5.97. The number of hydrazone groups is 1. The number of carbonyl (C=O) groups is 1. The van der Waals surface area contributed by atoms with E-state index in [-0.39, 0.29) is 5.91 Å². The van der Waals surface area contributed by atoms with Gasteiger partial charge in [0.1, 0.15) is 0 Å². The lowest BCUT2D eigenvalue weighted by Gasteiger charge is -1.99. The van der Waals surface area contributed by atoms with Crippen molar-refractivity contribution in [1.82, 2.24) is 15.2 Å². The zero-order chi connectivity index (χ0) is 15.1. The molecule has 21 heavy (non-hydrogen) atoms. The molecule has 0 saturated heterocycles. The first-order chi connectivity index (χ1) is 10.2. The number of hydrogen-bond donors (Lipinski definition) is 1. The van der Waals surface area contributed by atoms with Gasteiger partial charge >= 0.3 is 0 Å². The van der Waals surface area contributed by atoms with Crippen LogP contribution in [0, 0.1) is 0 Å².